The molecule has 0 radical (unpaired) electrons. The van der Waals surface area contributed by atoms with Crippen molar-refractivity contribution in [3.05, 3.63) is 59.7 Å². The van der Waals surface area contributed by atoms with Crippen molar-refractivity contribution in [1.82, 2.24) is 10.2 Å². The van der Waals surface area contributed by atoms with Gasteiger partial charge in [-0.3, -0.25) is 9.69 Å². The molecule has 0 spiro atoms. The van der Waals surface area contributed by atoms with Gasteiger partial charge in [-0.15, -0.1) is 0 Å². The molecular formula is C27H30N4O4. The maximum Gasteiger partial charge on any atom is 0.411 e. The van der Waals surface area contributed by atoms with Crippen LogP contribution in [0.25, 0.3) is 11.1 Å². The number of amides is 2. The fourth-order valence-electron chi connectivity index (χ4n) is 3.79. The van der Waals surface area contributed by atoms with E-state index in [0.29, 0.717) is 31.6 Å². The average Bonchev–Trinajstić information content (AvgIpc) is 3.09. The monoisotopic (exact) mass is 474 g/mol. The number of hydrogen-bond donors (Lipinski definition) is 1. The van der Waals surface area contributed by atoms with Gasteiger partial charge in [0.25, 0.3) is 0 Å². The molecule has 1 saturated heterocycles. The molecule has 0 bridgehead atoms. The van der Waals surface area contributed by atoms with Gasteiger partial charge < -0.3 is 14.8 Å². The zero-order valence-corrected chi connectivity index (χ0v) is 20.3. The maximum atomic E-state index is 13.1. The van der Waals surface area contributed by atoms with Gasteiger partial charge in [-0.05, 0) is 49.6 Å². The molecule has 1 aliphatic rings. The molecule has 1 unspecified atom stereocenters. The van der Waals surface area contributed by atoms with Crippen molar-refractivity contribution in [2.24, 2.45) is 0 Å². The normalized spacial score (nSPS) is 16.8. The van der Waals surface area contributed by atoms with Crippen molar-refractivity contribution in [1.29, 1.82) is 10.5 Å². The Kier molecular flexibility index (Phi) is 8.46. The lowest BCUT2D eigenvalue weighted by Crippen LogP contribution is -2.53. The minimum atomic E-state index is -0.776. The zero-order valence-electron chi connectivity index (χ0n) is 20.3. The van der Waals surface area contributed by atoms with E-state index in [1.54, 1.807) is 32.9 Å². The molecule has 2 aromatic rings. The van der Waals surface area contributed by atoms with E-state index in [4.69, 9.17) is 14.7 Å². The Balaban J connectivity index is 1.66. The first-order valence-corrected chi connectivity index (χ1v) is 11.6. The highest BCUT2D eigenvalue weighted by molar-refractivity contribution is 5.86. The van der Waals surface area contributed by atoms with Crippen molar-refractivity contribution in [3.8, 4) is 23.3 Å². The molecule has 2 amide bonds. The van der Waals surface area contributed by atoms with Gasteiger partial charge in [0.05, 0.1) is 24.3 Å². The van der Waals surface area contributed by atoms with Crippen LogP contribution in [-0.4, -0.2) is 54.3 Å². The minimum Gasteiger partial charge on any atom is -0.444 e. The Labute approximate surface area is 206 Å². The topological polar surface area (TPSA) is 115 Å². The van der Waals surface area contributed by atoms with E-state index in [9.17, 15) is 14.9 Å². The van der Waals surface area contributed by atoms with Gasteiger partial charge in [-0.25, -0.2) is 4.79 Å². The van der Waals surface area contributed by atoms with Gasteiger partial charge in [0.2, 0.25) is 5.91 Å². The second-order valence-electron chi connectivity index (χ2n) is 9.37. The molecular weight excluding hydrogens is 444 g/mol. The van der Waals surface area contributed by atoms with E-state index in [2.05, 4.69) is 17.5 Å². The van der Waals surface area contributed by atoms with Crippen LogP contribution in [-0.2, 0) is 20.7 Å². The molecule has 0 saturated carbocycles. The van der Waals surface area contributed by atoms with E-state index in [-0.39, 0.29) is 6.54 Å². The summed E-state index contributed by atoms with van der Waals surface area (Å²) in [6.07, 6.45) is 0.0729. The van der Waals surface area contributed by atoms with Crippen LogP contribution in [0.2, 0.25) is 0 Å². The van der Waals surface area contributed by atoms with E-state index in [1.807, 2.05) is 36.4 Å². The second kappa shape index (κ2) is 11.5. The van der Waals surface area contributed by atoms with Crippen molar-refractivity contribution in [3.63, 3.8) is 0 Å². The van der Waals surface area contributed by atoms with Gasteiger partial charge >= 0.3 is 6.09 Å². The molecule has 1 heterocycles. The summed E-state index contributed by atoms with van der Waals surface area (Å²) in [6.45, 7) is 6.20. The fraction of sp³-hybridized carbons (Fsp3) is 0.407. The van der Waals surface area contributed by atoms with E-state index in [0.717, 1.165) is 16.7 Å². The zero-order chi connectivity index (χ0) is 25.4. The molecule has 0 aliphatic carbocycles. The van der Waals surface area contributed by atoms with Crippen LogP contribution in [0.4, 0.5) is 4.79 Å². The highest BCUT2D eigenvalue weighted by Gasteiger charge is 2.35. The van der Waals surface area contributed by atoms with Crippen LogP contribution < -0.4 is 5.32 Å². The predicted molar refractivity (Wildman–Crippen MR) is 130 cm³/mol. The van der Waals surface area contributed by atoms with Crippen molar-refractivity contribution in [2.75, 3.05) is 19.8 Å². The lowest BCUT2D eigenvalue weighted by Gasteiger charge is -2.31. The summed E-state index contributed by atoms with van der Waals surface area (Å²) in [5.41, 5.74) is 2.77. The Morgan fingerprint density at radius 3 is 2.29 bits per heavy atom. The number of hydrogen-bond acceptors (Lipinski definition) is 6. The van der Waals surface area contributed by atoms with Crippen LogP contribution in [0.1, 0.15) is 38.3 Å². The van der Waals surface area contributed by atoms with Gasteiger partial charge in [0.15, 0.2) is 0 Å². The summed E-state index contributed by atoms with van der Waals surface area (Å²) in [5.74, 6) is -0.401. The number of carbonyl (C=O) groups excluding carboxylic acids is 2. The van der Waals surface area contributed by atoms with Crippen LogP contribution in [0.3, 0.4) is 0 Å². The van der Waals surface area contributed by atoms with Crippen LogP contribution in [0, 0.1) is 22.7 Å². The molecule has 35 heavy (non-hydrogen) atoms. The molecule has 1 aliphatic heterocycles. The summed E-state index contributed by atoms with van der Waals surface area (Å²) in [4.78, 5) is 27.2. The molecule has 0 aromatic heterocycles. The van der Waals surface area contributed by atoms with E-state index in [1.165, 1.54) is 4.90 Å². The van der Waals surface area contributed by atoms with Gasteiger partial charge in [-0.1, -0.05) is 36.4 Å². The van der Waals surface area contributed by atoms with Crippen LogP contribution in [0.15, 0.2) is 48.5 Å². The Morgan fingerprint density at radius 1 is 1.09 bits per heavy atom. The van der Waals surface area contributed by atoms with E-state index >= 15 is 0 Å². The number of nitriles is 2. The van der Waals surface area contributed by atoms with Crippen molar-refractivity contribution >= 4 is 12.0 Å². The summed E-state index contributed by atoms with van der Waals surface area (Å²) in [5, 5.41) is 21.4. The smallest absolute Gasteiger partial charge is 0.411 e. The Morgan fingerprint density at radius 2 is 1.71 bits per heavy atom. The maximum absolute atomic E-state index is 13.1. The predicted octanol–water partition coefficient (Wildman–Crippen LogP) is 3.80. The van der Waals surface area contributed by atoms with E-state index < -0.39 is 29.7 Å². The molecule has 182 valence electrons. The minimum absolute atomic E-state index is 0.237. The number of benzene rings is 2. The average molecular weight is 475 g/mol. The first-order chi connectivity index (χ1) is 16.7. The molecule has 1 N–H and O–H groups in total. The second-order valence-corrected chi connectivity index (χ2v) is 9.37. The SMILES string of the molecule is CC(C)(C)OC(=O)N1CCOCCC1C(=O)N[C@H](C#N)Cc1ccc(-c2ccc(C#N)cc2)cc1. The number of nitrogens with one attached hydrogen (secondary N) is 1. The molecule has 3 rings (SSSR count). The highest BCUT2D eigenvalue weighted by atomic mass is 16.6. The Hall–Kier alpha value is -3.88. The number of carbonyl (C=O) groups is 2. The van der Waals surface area contributed by atoms with Gasteiger partial charge in [0, 0.05) is 26.0 Å². The largest absolute Gasteiger partial charge is 0.444 e. The van der Waals surface area contributed by atoms with Crippen LogP contribution in [0.5, 0.6) is 0 Å². The summed E-state index contributed by atoms with van der Waals surface area (Å²) >= 11 is 0. The number of ether oxygens (including phenoxy) is 2. The third kappa shape index (κ3) is 7.30. The summed E-state index contributed by atoms with van der Waals surface area (Å²) in [7, 11) is 0. The molecule has 8 heteroatoms. The highest BCUT2D eigenvalue weighted by Crippen LogP contribution is 2.21. The van der Waals surface area contributed by atoms with Gasteiger partial charge in [0.1, 0.15) is 17.7 Å². The first kappa shape index (κ1) is 25.7. The first-order valence-electron chi connectivity index (χ1n) is 11.6. The molecule has 2 atom stereocenters. The van der Waals surface area contributed by atoms with Crippen molar-refractivity contribution < 1.29 is 19.1 Å². The molecule has 1 fully saturated rings. The number of rotatable bonds is 5. The fourth-order valence-corrected chi connectivity index (χ4v) is 3.79. The van der Waals surface area contributed by atoms with Crippen LogP contribution >= 0.6 is 0 Å². The summed E-state index contributed by atoms with van der Waals surface area (Å²) < 4.78 is 10.9. The quantitative estimate of drug-likeness (QED) is 0.705. The molecule has 8 nitrogen and oxygen atoms in total. The lowest BCUT2D eigenvalue weighted by molar-refractivity contribution is -0.126. The Bertz CT molecular complexity index is 1110. The lowest BCUT2D eigenvalue weighted by atomic mass is 10.00. The van der Waals surface area contributed by atoms with Crippen molar-refractivity contribution in [2.45, 2.75) is 51.3 Å². The third-order valence-corrected chi connectivity index (χ3v) is 5.53. The third-order valence-electron chi connectivity index (χ3n) is 5.53. The standard InChI is InChI=1S/C27H30N4O4/c1-27(2,3)35-26(33)31-13-15-34-14-12-24(31)25(32)30-23(18-29)16-19-4-8-21(9-5-19)22-10-6-20(17-28)7-11-22/h4-11,23-24H,12-16H2,1-3H3,(H,30,32)/t23-,24?/m0/s1. The summed E-state index contributed by atoms with van der Waals surface area (Å²) in [6, 6.07) is 17.7. The van der Waals surface area contributed by atoms with Gasteiger partial charge in [-0.2, -0.15) is 10.5 Å². The number of nitrogens with zero attached hydrogens (tertiary/aromatic N) is 3. The molecule has 2 aromatic carbocycles.